The van der Waals surface area contributed by atoms with Crippen molar-refractivity contribution in [1.29, 1.82) is 0 Å². The molecule has 154 valence electrons. The van der Waals surface area contributed by atoms with E-state index in [9.17, 15) is 0 Å². The summed E-state index contributed by atoms with van der Waals surface area (Å²) < 4.78 is 9.80. The lowest BCUT2D eigenvalue weighted by atomic mass is 9.90. The summed E-state index contributed by atoms with van der Waals surface area (Å²) in [5.74, 6) is 1.37. The largest absolute Gasteiger partial charge is 0.379 e. The first kappa shape index (κ1) is 18.7. The molecule has 0 amide bonds. The standard InChI is InChI=1S/C19H26N8OS/c1-12-10-16(29-26-12)23-19-22-15-11-20-25-17(15)18(24-19)21-13-2-4-14(5-3-13)27-6-8-28-9-7-27/h10-11,13-14H,2-9H2,1H3,(H,20,25)(H2,21,22,23,24). The number of hydrogen-bond acceptors (Lipinski definition) is 9. The summed E-state index contributed by atoms with van der Waals surface area (Å²) >= 11 is 1.41. The SMILES string of the molecule is Cc1cc(Nc2nc(NC3CCC(N4CCOCC4)CC3)c3[nH]ncc3n2)sn1. The van der Waals surface area contributed by atoms with Gasteiger partial charge in [0.05, 0.1) is 25.1 Å². The fraction of sp³-hybridized carbons (Fsp3) is 0.579. The van der Waals surface area contributed by atoms with Gasteiger partial charge in [0.2, 0.25) is 5.95 Å². The molecule has 2 aliphatic rings. The highest BCUT2D eigenvalue weighted by molar-refractivity contribution is 7.10. The summed E-state index contributed by atoms with van der Waals surface area (Å²) in [7, 11) is 0. The average molecular weight is 415 g/mol. The Hall–Kier alpha value is -2.30. The Balaban J connectivity index is 1.28. The van der Waals surface area contributed by atoms with Crippen LogP contribution in [-0.2, 0) is 4.74 Å². The molecule has 5 rings (SSSR count). The van der Waals surface area contributed by atoms with Gasteiger partial charge in [-0.15, -0.1) is 0 Å². The Morgan fingerprint density at radius 1 is 1.17 bits per heavy atom. The van der Waals surface area contributed by atoms with Gasteiger partial charge in [-0.3, -0.25) is 10.00 Å². The van der Waals surface area contributed by atoms with Crippen molar-refractivity contribution in [3.63, 3.8) is 0 Å². The first-order chi connectivity index (χ1) is 14.2. The molecule has 3 aromatic heterocycles. The number of ether oxygens (including phenoxy) is 1. The van der Waals surface area contributed by atoms with Crippen molar-refractivity contribution < 1.29 is 4.74 Å². The van der Waals surface area contributed by atoms with Gasteiger partial charge in [0, 0.05) is 25.2 Å². The second kappa shape index (κ2) is 8.21. The maximum atomic E-state index is 5.49. The van der Waals surface area contributed by atoms with E-state index in [1.54, 1.807) is 6.20 Å². The highest BCUT2D eigenvalue weighted by atomic mass is 32.1. The zero-order valence-electron chi connectivity index (χ0n) is 16.5. The molecule has 1 aliphatic heterocycles. The van der Waals surface area contributed by atoms with Crippen LogP contribution in [0.5, 0.6) is 0 Å². The highest BCUT2D eigenvalue weighted by Gasteiger charge is 2.27. The number of H-pyrrole nitrogens is 1. The number of hydrogen-bond donors (Lipinski definition) is 3. The minimum Gasteiger partial charge on any atom is -0.379 e. The topological polar surface area (TPSA) is 104 Å². The van der Waals surface area contributed by atoms with Gasteiger partial charge in [-0.1, -0.05) is 0 Å². The molecule has 3 N–H and O–H groups in total. The van der Waals surface area contributed by atoms with Crippen LogP contribution in [0.1, 0.15) is 31.4 Å². The van der Waals surface area contributed by atoms with Crippen molar-refractivity contribution >= 4 is 39.3 Å². The Morgan fingerprint density at radius 3 is 2.76 bits per heavy atom. The van der Waals surface area contributed by atoms with Crippen LogP contribution in [0.4, 0.5) is 16.8 Å². The minimum atomic E-state index is 0.409. The van der Waals surface area contributed by atoms with E-state index in [0.29, 0.717) is 18.0 Å². The Bertz CT molecular complexity index is 958. The van der Waals surface area contributed by atoms with Crippen LogP contribution in [0, 0.1) is 6.92 Å². The van der Waals surface area contributed by atoms with Crippen LogP contribution in [0.15, 0.2) is 12.3 Å². The van der Waals surface area contributed by atoms with Crippen LogP contribution in [0.2, 0.25) is 0 Å². The van der Waals surface area contributed by atoms with E-state index in [4.69, 9.17) is 9.72 Å². The van der Waals surface area contributed by atoms with E-state index in [0.717, 1.165) is 66.7 Å². The van der Waals surface area contributed by atoms with Crippen LogP contribution in [0.3, 0.4) is 0 Å². The molecule has 9 nitrogen and oxygen atoms in total. The third kappa shape index (κ3) is 4.19. The van der Waals surface area contributed by atoms with Crippen molar-refractivity contribution in [2.75, 3.05) is 36.9 Å². The summed E-state index contributed by atoms with van der Waals surface area (Å²) in [5.41, 5.74) is 2.64. The first-order valence-electron chi connectivity index (χ1n) is 10.2. The molecule has 10 heteroatoms. The fourth-order valence-electron chi connectivity index (χ4n) is 4.25. The van der Waals surface area contributed by atoms with Crippen molar-refractivity contribution in [2.24, 2.45) is 0 Å². The normalized spacial score (nSPS) is 23.3. The zero-order valence-corrected chi connectivity index (χ0v) is 17.3. The second-order valence-corrected chi connectivity index (χ2v) is 8.59. The summed E-state index contributed by atoms with van der Waals surface area (Å²) in [6.07, 6.45) is 6.43. The quantitative estimate of drug-likeness (QED) is 0.585. The molecule has 3 aromatic rings. The zero-order chi connectivity index (χ0) is 19.6. The molecule has 2 fully saturated rings. The van der Waals surface area contributed by atoms with E-state index < -0.39 is 0 Å². The number of aryl methyl sites for hydroxylation is 1. The minimum absolute atomic E-state index is 0.409. The Kier molecular flexibility index (Phi) is 5.30. The van der Waals surface area contributed by atoms with Gasteiger partial charge in [-0.05, 0) is 50.2 Å². The van der Waals surface area contributed by atoms with Gasteiger partial charge in [0.25, 0.3) is 0 Å². The number of nitrogens with zero attached hydrogens (tertiary/aromatic N) is 5. The molecule has 0 radical (unpaired) electrons. The maximum Gasteiger partial charge on any atom is 0.230 e. The summed E-state index contributed by atoms with van der Waals surface area (Å²) in [5, 5.41) is 15.0. The number of aromatic amines is 1. The number of morpholine rings is 1. The van der Waals surface area contributed by atoms with Gasteiger partial charge >= 0.3 is 0 Å². The lowest BCUT2D eigenvalue weighted by Gasteiger charge is -2.39. The summed E-state index contributed by atoms with van der Waals surface area (Å²) in [4.78, 5) is 11.9. The van der Waals surface area contributed by atoms with Crippen LogP contribution >= 0.6 is 11.5 Å². The predicted octanol–water partition coefficient (Wildman–Crippen LogP) is 2.92. The Morgan fingerprint density at radius 2 is 2.00 bits per heavy atom. The van der Waals surface area contributed by atoms with Gasteiger partial charge in [-0.2, -0.15) is 14.5 Å². The van der Waals surface area contributed by atoms with Crippen LogP contribution in [0.25, 0.3) is 11.0 Å². The fourth-order valence-corrected chi connectivity index (χ4v) is 4.91. The maximum absolute atomic E-state index is 5.49. The molecule has 0 bridgehead atoms. The van der Waals surface area contributed by atoms with Crippen molar-refractivity contribution in [2.45, 2.75) is 44.7 Å². The lowest BCUT2D eigenvalue weighted by Crippen LogP contribution is -2.46. The third-order valence-corrected chi connectivity index (χ3v) is 6.56. The molecule has 0 spiro atoms. The molecule has 0 unspecified atom stereocenters. The molecule has 1 saturated carbocycles. The summed E-state index contributed by atoms with van der Waals surface area (Å²) in [6, 6.07) is 3.08. The van der Waals surface area contributed by atoms with E-state index >= 15 is 0 Å². The van der Waals surface area contributed by atoms with Crippen molar-refractivity contribution in [1.82, 2.24) is 29.4 Å². The molecule has 4 heterocycles. The van der Waals surface area contributed by atoms with Crippen molar-refractivity contribution in [3.8, 4) is 0 Å². The smallest absolute Gasteiger partial charge is 0.230 e. The number of fused-ring (bicyclic) bond motifs is 1. The number of anilines is 3. The number of aromatic nitrogens is 5. The van der Waals surface area contributed by atoms with Gasteiger partial charge in [-0.25, -0.2) is 4.98 Å². The first-order valence-corrected chi connectivity index (χ1v) is 11.0. The third-order valence-electron chi connectivity index (χ3n) is 5.76. The van der Waals surface area contributed by atoms with Gasteiger partial charge < -0.3 is 15.4 Å². The lowest BCUT2D eigenvalue weighted by molar-refractivity contribution is 0.00791. The monoisotopic (exact) mass is 414 g/mol. The van der Waals surface area contributed by atoms with E-state index in [-0.39, 0.29) is 0 Å². The summed E-state index contributed by atoms with van der Waals surface area (Å²) in [6.45, 7) is 5.84. The molecule has 0 atom stereocenters. The second-order valence-electron chi connectivity index (χ2n) is 7.78. The van der Waals surface area contributed by atoms with Crippen LogP contribution < -0.4 is 10.6 Å². The molecular formula is C19H26N8OS. The van der Waals surface area contributed by atoms with E-state index in [1.807, 2.05) is 13.0 Å². The molecule has 1 aliphatic carbocycles. The van der Waals surface area contributed by atoms with Gasteiger partial charge in [0.1, 0.15) is 16.0 Å². The molecule has 29 heavy (non-hydrogen) atoms. The molecule has 1 saturated heterocycles. The Labute approximate surface area is 173 Å². The van der Waals surface area contributed by atoms with Crippen molar-refractivity contribution in [3.05, 3.63) is 18.0 Å². The predicted molar refractivity (Wildman–Crippen MR) is 114 cm³/mol. The molecule has 0 aromatic carbocycles. The van der Waals surface area contributed by atoms with Crippen LogP contribution in [-0.4, -0.2) is 67.8 Å². The van der Waals surface area contributed by atoms with Gasteiger partial charge in [0.15, 0.2) is 5.82 Å². The number of rotatable bonds is 5. The van der Waals surface area contributed by atoms with E-state index in [2.05, 4.69) is 35.1 Å². The number of nitrogens with one attached hydrogen (secondary N) is 3. The molecular weight excluding hydrogens is 388 g/mol. The average Bonchev–Trinajstić information content (AvgIpc) is 3.38. The highest BCUT2D eigenvalue weighted by Crippen LogP contribution is 2.29. The van der Waals surface area contributed by atoms with E-state index in [1.165, 1.54) is 24.4 Å².